The molecule has 2 aromatic carbocycles. The molecule has 1 N–H and O–H groups in total. The van der Waals surface area contributed by atoms with Gasteiger partial charge in [0.25, 0.3) is 5.91 Å². The van der Waals surface area contributed by atoms with E-state index >= 15 is 0 Å². The van der Waals surface area contributed by atoms with E-state index in [1.54, 1.807) is 24.3 Å². The fourth-order valence-electron chi connectivity index (χ4n) is 2.51. The molecule has 24 heavy (non-hydrogen) atoms. The van der Waals surface area contributed by atoms with Gasteiger partial charge in [-0.1, -0.05) is 23.7 Å². The Labute approximate surface area is 146 Å². The van der Waals surface area contributed by atoms with Crippen molar-refractivity contribution in [3.05, 3.63) is 82.1 Å². The number of hydrogen-bond acceptors (Lipinski definition) is 2. The third-order valence-electron chi connectivity index (χ3n) is 3.75. The highest BCUT2D eigenvalue weighted by Gasteiger charge is 2.07. The van der Waals surface area contributed by atoms with Crippen molar-refractivity contribution in [1.82, 2.24) is 9.78 Å². The zero-order chi connectivity index (χ0) is 17.1. The summed E-state index contributed by atoms with van der Waals surface area (Å²) in [5, 5.41) is 7.94. The van der Waals surface area contributed by atoms with E-state index < -0.39 is 0 Å². The number of carbonyl (C=O) groups is 1. The van der Waals surface area contributed by atoms with E-state index in [1.165, 1.54) is 0 Å². The smallest absolute Gasteiger partial charge is 0.255 e. The van der Waals surface area contributed by atoms with Crippen LogP contribution in [0.25, 0.3) is 0 Å². The standard InChI is InChI=1S/C19H18ClN3O/c1-13-11-14(2)23(22-13)12-15-3-5-16(6-4-15)19(24)21-18-9-7-17(20)8-10-18/h3-11H,12H2,1-2H3,(H,21,24). The second kappa shape index (κ2) is 6.89. The molecule has 4 nitrogen and oxygen atoms in total. The molecule has 0 fully saturated rings. The number of amides is 1. The first-order valence-electron chi connectivity index (χ1n) is 7.68. The number of aryl methyl sites for hydroxylation is 2. The highest BCUT2D eigenvalue weighted by molar-refractivity contribution is 6.30. The molecule has 3 rings (SSSR count). The van der Waals surface area contributed by atoms with E-state index in [1.807, 2.05) is 48.9 Å². The predicted molar refractivity (Wildman–Crippen MR) is 96.7 cm³/mol. The Morgan fingerprint density at radius 1 is 1.08 bits per heavy atom. The van der Waals surface area contributed by atoms with E-state index in [9.17, 15) is 4.79 Å². The molecule has 0 aliphatic rings. The van der Waals surface area contributed by atoms with Crippen LogP contribution in [0.5, 0.6) is 0 Å². The first kappa shape index (κ1) is 16.3. The highest BCUT2D eigenvalue weighted by atomic mass is 35.5. The Bertz CT molecular complexity index is 851. The molecular formula is C19H18ClN3O. The average molecular weight is 340 g/mol. The number of aromatic nitrogens is 2. The van der Waals surface area contributed by atoms with E-state index in [4.69, 9.17) is 11.6 Å². The van der Waals surface area contributed by atoms with E-state index in [-0.39, 0.29) is 5.91 Å². The van der Waals surface area contributed by atoms with Crippen molar-refractivity contribution in [2.45, 2.75) is 20.4 Å². The van der Waals surface area contributed by atoms with Crippen LogP contribution in [0, 0.1) is 13.8 Å². The molecule has 0 spiro atoms. The van der Waals surface area contributed by atoms with Gasteiger partial charge in [0.05, 0.1) is 12.2 Å². The van der Waals surface area contributed by atoms with Gasteiger partial charge in [-0.05, 0) is 61.9 Å². The number of halogens is 1. The van der Waals surface area contributed by atoms with Gasteiger partial charge in [-0.25, -0.2) is 0 Å². The fraction of sp³-hybridized carbons (Fsp3) is 0.158. The topological polar surface area (TPSA) is 46.9 Å². The molecule has 1 heterocycles. The number of nitrogens with zero attached hydrogens (tertiary/aromatic N) is 2. The van der Waals surface area contributed by atoms with E-state index in [2.05, 4.69) is 10.4 Å². The lowest BCUT2D eigenvalue weighted by atomic mass is 10.1. The minimum atomic E-state index is -0.144. The molecule has 1 amide bonds. The normalized spacial score (nSPS) is 10.6. The zero-order valence-corrected chi connectivity index (χ0v) is 14.3. The molecule has 122 valence electrons. The summed E-state index contributed by atoms with van der Waals surface area (Å²) in [6, 6.07) is 16.6. The number of carbonyl (C=O) groups excluding carboxylic acids is 1. The third kappa shape index (κ3) is 3.84. The summed E-state index contributed by atoms with van der Waals surface area (Å²) in [4.78, 5) is 12.3. The second-order valence-electron chi connectivity index (χ2n) is 5.74. The quantitative estimate of drug-likeness (QED) is 0.763. The SMILES string of the molecule is Cc1cc(C)n(Cc2ccc(C(=O)Nc3ccc(Cl)cc3)cc2)n1. The number of nitrogens with one attached hydrogen (secondary N) is 1. The van der Waals surface area contributed by atoms with Crippen molar-refractivity contribution in [2.75, 3.05) is 5.32 Å². The van der Waals surface area contributed by atoms with Crippen LogP contribution in [-0.2, 0) is 6.54 Å². The largest absolute Gasteiger partial charge is 0.322 e. The number of benzene rings is 2. The maximum absolute atomic E-state index is 12.3. The Balaban J connectivity index is 1.68. The Morgan fingerprint density at radius 3 is 2.33 bits per heavy atom. The molecule has 1 aromatic heterocycles. The van der Waals surface area contributed by atoms with E-state index in [0.717, 1.165) is 22.6 Å². The molecule has 0 bridgehead atoms. The number of hydrogen-bond donors (Lipinski definition) is 1. The maximum atomic E-state index is 12.3. The molecule has 5 heteroatoms. The van der Waals surface area contributed by atoms with Crippen LogP contribution < -0.4 is 5.32 Å². The molecule has 0 unspecified atom stereocenters. The van der Waals surface area contributed by atoms with Crippen molar-refractivity contribution in [3.8, 4) is 0 Å². The molecule has 0 saturated carbocycles. The van der Waals surface area contributed by atoms with Gasteiger partial charge in [0.1, 0.15) is 0 Å². The van der Waals surface area contributed by atoms with Gasteiger partial charge >= 0.3 is 0 Å². The molecule has 0 radical (unpaired) electrons. The Hall–Kier alpha value is -2.59. The first-order chi connectivity index (χ1) is 11.5. The number of anilines is 1. The van der Waals surface area contributed by atoms with Gasteiger partial charge in [0, 0.05) is 22.0 Å². The Morgan fingerprint density at radius 2 is 1.75 bits per heavy atom. The summed E-state index contributed by atoms with van der Waals surface area (Å²) in [7, 11) is 0. The summed E-state index contributed by atoms with van der Waals surface area (Å²) in [5.74, 6) is -0.144. The van der Waals surface area contributed by atoms with Crippen molar-refractivity contribution >= 4 is 23.2 Å². The van der Waals surface area contributed by atoms with Crippen LogP contribution in [0.4, 0.5) is 5.69 Å². The monoisotopic (exact) mass is 339 g/mol. The van der Waals surface area contributed by atoms with Crippen LogP contribution in [0.15, 0.2) is 54.6 Å². The average Bonchev–Trinajstić information content (AvgIpc) is 2.88. The van der Waals surface area contributed by atoms with Gasteiger partial charge in [-0.15, -0.1) is 0 Å². The predicted octanol–water partition coefficient (Wildman–Crippen LogP) is 4.45. The minimum absolute atomic E-state index is 0.144. The van der Waals surface area contributed by atoms with Gasteiger partial charge in [0.15, 0.2) is 0 Å². The molecule has 3 aromatic rings. The summed E-state index contributed by atoms with van der Waals surface area (Å²) >= 11 is 5.84. The zero-order valence-electron chi connectivity index (χ0n) is 13.6. The fourth-order valence-corrected chi connectivity index (χ4v) is 2.63. The van der Waals surface area contributed by atoms with Gasteiger partial charge in [0.2, 0.25) is 0 Å². The van der Waals surface area contributed by atoms with Crippen LogP contribution in [-0.4, -0.2) is 15.7 Å². The first-order valence-corrected chi connectivity index (χ1v) is 8.06. The van der Waals surface area contributed by atoms with Crippen molar-refractivity contribution in [1.29, 1.82) is 0 Å². The Kier molecular flexibility index (Phi) is 4.67. The van der Waals surface area contributed by atoms with Crippen LogP contribution in [0.1, 0.15) is 27.3 Å². The van der Waals surface area contributed by atoms with Gasteiger partial charge < -0.3 is 5.32 Å². The summed E-state index contributed by atoms with van der Waals surface area (Å²) in [5.41, 5.74) is 4.56. The summed E-state index contributed by atoms with van der Waals surface area (Å²) < 4.78 is 1.96. The van der Waals surface area contributed by atoms with E-state index in [0.29, 0.717) is 17.1 Å². The second-order valence-corrected chi connectivity index (χ2v) is 6.18. The molecule has 0 atom stereocenters. The minimum Gasteiger partial charge on any atom is -0.322 e. The van der Waals surface area contributed by atoms with Crippen molar-refractivity contribution in [3.63, 3.8) is 0 Å². The van der Waals surface area contributed by atoms with Crippen molar-refractivity contribution in [2.24, 2.45) is 0 Å². The summed E-state index contributed by atoms with van der Waals surface area (Å²) in [6.45, 7) is 4.71. The summed E-state index contributed by atoms with van der Waals surface area (Å²) in [6.07, 6.45) is 0. The van der Waals surface area contributed by atoms with Gasteiger partial charge in [-0.3, -0.25) is 9.48 Å². The molecule has 0 aliphatic heterocycles. The van der Waals surface area contributed by atoms with Crippen LogP contribution in [0.2, 0.25) is 5.02 Å². The number of rotatable bonds is 4. The third-order valence-corrected chi connectivity index (χ3v) is 4.01. The molecular weight excluding hydrogens is 322 g/mol. The van der Waals surface area contributed by atoms with Crippen LogP contribution in [0.3, 0.4) is 0 Å². The maximum Gasteiger partial charge on any atom is 0.255 e. The lowest BCUT2D eigenvalue weighted by Gasteiger charge is -2.08. The molecule has 0 saturated heterocycles. The van der Waals surface area contributed by atoms with Crippen LogP contribution >= 0.6 is 11.6 Å². The highest BCUT2D eigenvalue weighted by Crippen LogP contribution is 2.15. The van der Waals surface area contributed by atoms with Gasteiger partial charge in [-0.2, -0.15) is 5.10 Å². The lowest BCUT2D eigenvalue weighted by Crippen LogP contribution is -2.12. The van der Waals surface area contributed by atoms with Crippen molar-refractivity contribution < 1.29 is 4.79 Å². The lowest BCUT2D eigenvalue weighted by molar-refractivity contribution is 0.102. The molecule has 0 aliphatic carbocycles.